The molecule has 0 unspecified atom stereocenters. The maximum atomic E-state index is 11.6. The van der Waals surface area contributed by atoms with E-state index in [2.05, 4.69) is 0 Å². The van der Waals surface area contributed by atoms with Crippen LogP contribution in [-0.2, 0) is 9.84 Å². The minimum absolute atomic E-state index is 0.258. The van der Waals surface area contributed by atoms with Gasteiger partial charge in [-0.2, -0.15) is 0 Å². The Labute approximate surface area is 111 Å². The summed E-state index contributed by atoms with van der Waals surface area (Å²) in [4.78, 5) is 11.9. The lowest BCUT2D eigenvalue weighted by atomic mass is 10.0. The first-order chi connectivity index (χ1) is 8.79. The van der Waals surface area contributed by atoms with Gasteiger partial charge in [-0.1, -0.05) is 12.1 Å². The van der Waals surface area contributed by atoms with Crippen molar-refractivity contribution in [2.75, 3.05) is 6.26 Å². The molecule has 19 heavy (non-hydrogen) atoms. The Balaban J connectivity index is 2.58. The van der Waals surface area contributed by atoms with Gasteiger partial charge in [-0.3, -0.25) is 0 Å². The Bertz CT molecular complexity index is 768. The second-order valence-electron chi connectivity index (χ2n) is 4.48. The van der Waals surface area contributed by atoms with Crippen LogP contribution in [0.3, 0.4) is 0 Å². The summed E-state index contributed by atoms with van der Waals surface area (Å²) in [7, 11) is -3.21. The Kier molecular flexibility index (Phi) is 3.32. The topological polar surface area (TPSA) is 64.3 Å². The Morgan fingerprint density at radius 1 is 1.05 bits per heavy atom. The van der Waals surface area contributed by atoms with Gasteiger partial charge in [-0.05, 0) is 43.2 Å². The number of rotatable bonds is 2. The van der Waals surface area contributed by atoms with Gasteiger partial charge in [-0.15, -0.1) is 0 Å². The third-order valence-corrected chi connectivity index (χ3v) is 4.03. The standard InChI is InChI=1S/C14H14O4S/c1-9-8-13(10(2)14(15)18-9)11-4-6-12(7-5-11)19(3,16)17/h4-8H,1-3H3. The Morgan fingerprint density at radius 3 is 2.16 bits per heavy atom. The van der Waals surface area contributed by atoms with E-state index in [1.54, 1.807) is 32.0 Å². The lowest BCUT2D eigenvalue weighted by Crippen LogP contribution is -2.06. The Morgan fingerprint density at radius 2 is 1.63 bits per heavy atom. The van der Waals surface area contributed by atoms with E-state index < -0.39 is 9.84 Å². The smallest absolute Gasteiger partial charge is 0.339 e. The minimum atomic E-state index is -3.21. The van der Waals surface area contributed by atoms with Crippen molar-refractivity contribution in [1.29, 1.82) is 0 Å². The molecule has 0 fully saturated rings. The van der Waals surface area contributed by atoms with E-state index in [-0.39, 0.29) is 10.5 Å². The van der Waals surface area contributed by atoms with Crippen LogP contribution in [0.25, 0.3) is 11.1 Å². The van der Waals surface area contributed by atoms with Crippen molar-refractivity contribution in [3.8, 4) is 11.1 Å². The molecule has 1 aromatic heterocycles. The summed E-state index contributed by atoms with van der Waals surface area (Å²) in [6.45, 7) is 3.39. The fourth-order valence-electron chi connectivity index (χ4n) is 1.86. The van der Waals surface area contributed by atoms with Crippen molar-refractivity contribution in [3.05, 3.63) is 52.1 Å². The molecule has 0 spiro atoms. The fourth-order valence-corrected chi connectivity index (χ4v) is 2.49. The molecule has 0 amide bonds. The van der Waals surface area contributed by atoms with Crippen molar-refractivity contribution < 1.29 is 12.8 Å². The highest BCUT2D eigenvalue weighted by Gasteiger charge is 2.10. The summed E-state index contributed by atoms with van der Waals surface area (Å²) >= 11 is 0. The van der Waals surface area contributed by atoms with Gasteiger partial charge >= 0.3 is 5.63 Å². The van der Waals surface area contributed by atoms with E-state index in [0.29, 0.717) is 11.3 Å². The molecule has 1 aromatic carbocycles. The van der Waals surface area contributed by atoms with E-state index in [9.17, 15) is 13.2 Å². The maximum Gasteiger partial charge on any atom is 0.339 e. The molecule has 0 bridgehead atoms. The molecule has 0 aliphatic carbocycles. The Hall–Kier alpha value is -1.88. The van der Waals surface area contributed by atoms with Gasteiger partial charge in [0.25, 0.3) is 0 Å². The van der Waals surface area contributed by atoms with Gasteiger partial charge in [0.05, 0.1) is 4.90 Å². The summed E-state index contributed by atoms with van der Waals surface area (Å²) in [6, 6.07) is 8.23. The fraction of sp³-hybridized carbons (Fsp3) is 0.214. The van der Waals surface area contributed by atoms with Crippen LogP contribution >= 0.6 is 0 Å². The van der Waals surface area contributed by atoms with E-state index in [0.717, 1.165) is 17.4 Å². The van der Waals surface area contributed by atoms with Crippen LogP contribution in [0.5, 0.6) is 0 Å². The van der Waals surface area contributed by atoms with Gasteiger partial charge in [0.1, 0.15) is 5.76 Å². The molecule has 100 valence electrons. The summed E-state index contributed by atoms with van der Waals surface area (Å²) in [5, 5.41) is 0. The number of hydrogen-bond donors (Lipinski definition) is 0. The van der Waals surface area contributed by atoms with Gasteiger partial charge in [0.15, 0.2) is 9.84 Å². The summed E-state index contributed by atoms with van der Waals surface area (Å²) in [5.41, 5.74) is 1.69. The first-order valence-corrected chi connectivity index (χ1v) is 7.60. The number of aryl methyl sites for hydroxylation is 1. The van der Waals surface area contributed by atoms with Crippen LogP contribution in [0.15, 0.2) is 44.4 Å². The summed E-state index contributed by atoms with van der Waals surface area (Å²) in [6.07, 6.45) is 1.16. The predicted octanol–water partition coefficient (Wildman–Crippen LogP) is 2.33. The zero-order chi connectivity index (χ0) is 14.2. The second-order valence-corrected chi connectivity index (χ2v) is 6.50. The van der Waals surface area contributed by atoms with Gasteiger partial charge in [0.2, 0.25) is 0 Å². The van der Waals surface area contributed by atoms with Crippen LogP contribution in [0.1, 0.15) is 11.3 Å². The molecule has 0 radical (unpaired) electrons. The quantitative estimate of drug-likeness (QED) is 0.845. The molecule has 0 saturated carbocycles. The average molecular weight is 278 g/mol. The van der Waals surface area contributed by atoms with Crippen LogP contribution in [0.2, 0.25) is 0 Å². The number of hydrogen-bond acceptors (Lipinski definition) is 4. The lowest BCUT2D eigenvalue weighted by molar-refractivity contribution is 0.476. The largest absolute Gasteiger partial charge is 0.428 e. The monoisotopic (exact) mass is 278 g/mol. The molecule has 0 aliphatic heterocycles. The van der Waals surface area contributed by atoms with E-state index in [4.69, 9.17) is 4.42 Å². The number of benzene rings is 1. The summed E-state index contributed by atoms with van der Waals surface area (Å²) < 4.78 is 27.8. The molecule has 5 heteroatoms. The van der Waals surface area contributed by atoms with E-state index in [1.165, 1.54) is 12.1 Å². The maximum absolute atomic E-state index is 11.6. The van der Waals surface area contributed by atoms with E-state index >= 15 is 0 Å². The first-order valence-electron chi connectivity index (χ1n) is 5.71. The van der Waals surface area contributed by atoms with Gasteiger partial charge < -0.3 is 4.42 Å². The minimum Gasteiger partial charge on any atom is -0.428 e. The normalized spacial score (nSPS) is 11.5. The molecular formula is C14H14O4S. The van der Waals surface area contributed by atoms with Crippen molar-refractivity contribution >= 4 is 9.84 Å². The van der Waals surface area contributed by atoms with Crippen LogP contribution in [-0.4, -0.2) is 14.7 Å². The lowest BCUT2D eigenvalue weighted by Gasteiger charge is -2.06. The van der Waals surface area contributed by atoms with Crippen molar-refractivity contribution in [1.82, 2.24) is 0 Å². The molecule has 0 saturated heterocycles. The molecule has 2 rings (SSSR count). The summed E-state index contributed by atoms with van der Waals surface area (Å²) in [5.74, 6) is 0.526. The highest BCUT2D eigenvalue weighted by Crippen LogP contribution is 2.23. The molecular weight excluding hydrogens is 264 g/mol. The SMILES string of the molecule is Cc1cc(-c2ccc(S(C)(=O)=O)cc2)c(C)c(=O)o1. The molecule has 0 N–H and O–H groups in total. The van der Waals surface area contributed by atoms with Crippen LogP contribution < -0.4 is 5.63 Å². The number of sulfone groups is 1. The van der Waals surface area contributed by atoms with Crippen LogP contribution in [0.4, 0.5) is 0 Å². The van der Waals surface area contributed by atoms with E-state index in [1.807, 2.05) is 0 Å². The van der Waals surface area contributed by atoms with Crippen molar-refractivity contribution in [2.24, 2.45) is 0 Å². The highest BCUT2D eigenvalue weighted by atomic mass is 32.2. The third kappa shape index (κ3) is 2.76. The van der Waals surface area contributed by atoms with Gasteiger partial charge in [0, 0.05) is 11.8 Å². The van der Waals surface area contributed by atoms with Crippen molar-refractivity contribution in [2.45, 2.75) is 18.7 Å². The molecule has 0 aliphatic rings. The zero-order valence-electron chi connectivity index (χ0n) is 10.9. The molecule has 0 atom stereocenters. The first kappa shape index (κ1) is 13.5. The van der Waals surface area contributed by atoms with Crippen molar-refractivity contribution in [3.63, 3.8) is 0 Å². The molecule has 1 heterocycles. The van der Waals surface area contributed by atoms with Gasteiger partial charge in [-0.25, -0.2) is 13.2 Å². The average Bonchev–Trinajstić information content (AvgIpc) is 2.33. The highest BCUT2D eigenvalue weighted by molar-refractivity contribution is 7.90. The predicted molar refractivity (Wildman–Crippen MR) is 73.0 cm³/mol. The molecule has 4 nitrogen and oxygen atoms in total. The molecule has 2 aromatic rings. The zero-order valence-corrected chi connectivity index (χ0v) is 11.7. The third-order valence-electron chi connectivity index (χ3n) is 2.90. The van der Waals surface area contributed by atoms with Crippen LogP contribution in [0, 0.1) is 13.8 Å². The second kappa shape index (κ2) is 4.66.